The molecule has 1 N–H and O–H groups in total. The smallest absolute Gasteiger partial charge is 0.119 e. The fraction of sp³-hybridized carbons (Fsp3) is 0.500. The Morgan fingerprint density at radius 3 is 2.67 bits per heavy atom. The average molecular weight is 247 g/mol. The molecule has 2 nitrogen and oxygen atoms in total. The van der Waals surface area contributed by atoms with Crippen LogP contribution < -0.4 is 10.1 Å². The highest BCUT2D eigenvalue weighted by Crippen LogP contribution is 2.13. The first-order valence-corrected chi connectivity index (χ1v) is 6.82. The lowest BCUT2D eigenvalue weighted by molar-refractivity contribution is 0.325. The van der Waals surface area contributed by atoms with Crippen LogP contribution in [0.15, 0.2) is 36.9 Å². The molecule has 0 aliphatic rings. The molecule has 0 aliphatic heterocycles. The summed E-state index contributed by atoms with van der Waals surface area (Å²) in [5.41, 5.74) is 1.35. The molecule has 0 heterocycles. The van der Waals surface area contributed by atoms with Crippen LogP contribution >= 0.6 is 0 Å². The van der Waals surface area contributed by atoms with Gasteiger partial charge in [0.05, 0.1) is 6.61 Å². The Morgan fingerprint density at radius 2 is 2.06 bits per heavy atom. The van der Waals surface area contributed by atoms with E-state index in [4.69, 9.17) is 4.74 Å². The first-order valence-electron chi connectivity index (χ1n) is 6.82. The fourth-order valence-corrected chi connectivity index (χ4v) is 1.80. The molecule has 0 amide bonds. The number of nitrogens with one attached hydrogen (secondary N) is 1. The Morgan fingerprint density at radius 1 is 1.33 bits per heavy atom. The van der Waals surface area contributed by atoms with Crippen LogP contribution in [0.3, 0.4) is 0 Å². The third-order valence-electron chi connectivity index (χ3n) is 2.80. The highest BCUT2D eigenvalue weighted by atomic mass is 16.5. The van der Waals surface area contributed by atoms with Crippen LogP contribution in [0.2, 0.25) is 0 Å². The number of hydrogen-bond donors (Lipinski definition) is 1. The van der Waals surface area contributed by atoms with Gasteiger partial charge in [-0.15, -0.1) is 6.58 Å². The summed E-state index contributed by atoms with van der Waals surface area (Å²) in [7, 11) is 0. The zero-order chi connectivity index (χ0) is 13.2. The van der Waals surface area contributed by atoms with Crippen LogP contribution in [0, 0.1) is 0 Å². The standard InChI is InChI=1S/C16H25NO/c1-4-6-12-18-16-9-7-15(8-10-16)13-14(3)17-11-5-2/h4,7-10,14,17H,1,5-6,11-13H2,2-3H3. The lowest BCUT2D eigenvalue weighted by Gasteiger charge is -2.13. The average Bonchev–Trinajstić information content (AvgIpc) is 2.39. The molecule has 0 saturated carbocycles. The van der Waals surface area contributed by atoms with Crippen molar-refractivity contribution in [2.24, 2.45) is 0 Å². The van der Waals surface area contributed by atoms with E-state index in [-0.39, 0.29) is 0 Å². The second-order valence-corrected chi connectivity index (χ2v) is 4.63. The molecule has 0 fully saturated rings. The van der Waals surface area contributed by atoms with Crippen molar-refractivity contribution >= 4 is 0 Å². The summed E-state index contributed by atoms with van der Waals surface area (Å²) in [6.07, 6.45) is 5.00. The van der Waals surface area contributed by atoms with Crippen LogP contribution in [0.1, 0.15) is 32.3 Å². The van der Waals surface area contributed by atoms with Crippen molar-refractivity contribution in [3.63, 3.8) is 0 Å². The van der Waals surface area contributed by atoms with Crippen LogP contribution in [-0.4, -0.2) is 19.2 Å². The van der Waals surface area contributed by atoms with Crippen LogP contribution in [0.4, 0.5) is 0 Å². The summed E-state index contributed by atoms with van der Waals surface area (Å²) in [4.78, 5) is 0. The Balaban J connectivity index is 2.37. The van der Waals surface area contributed by atoms with Gasteiger partial charge >= 0.3 is 0 Å². The van der Waals surface area contributed by atoms with Crippen molar-refractivity contribution in [3.8, 4) is 5.75 Å². The van der Waals surface area contributed by atoms with E-state index in [0.29, 0.717) is 12.6 Å². The van der Waals surface area contributed by atoms with Crippen LogP contribution in [0.5, 0.6) is 5.75 Å². The Labute approximate surface area is 111 Å². The van der Waals surface area contributed by atoms with Crippen molar-refractivity contribution in [2.45, 2.75) is 39.2 Å². The van der Waals surface area contributed by atoms with Crippen molar-refractivity contribution in [1.29, 1.82) is 0 Å². The summed E-state index contributed by atoms with van der Waals surface area (Å²) < 4.78 is 5.58. The van der Waals surface area contributed by atoms with E-state index in [1.165, 1.54) is 12.0 Å². The van der Waals surface area contributed by atoms with Gasteiger partial charge in [0.25, 0.3) is 0 Å². The number of benzene rings is 1. The van der Waals surface area contributed by atoms with Gasteiger partial charge in [-0.05, 0) is 50.4 Å². The van der Waals surface area contributed by atoms with Crippen molar-refractivity contribution < 1.29 is 4.74 Å². The zero-order valence-electron chi connectivity index (χ0n) is 11.6. The molecule has 2 heteroatoms. The van der Waals surface area contributed by atoms with Gasteiger partial charge in [0.2, 0.25) is 0 Å². The van der Waals surface area contributed by atoms with Crippen molar-refractivity contribution in [3.05, 3.63) is 42.5 Å². The van der Waals surface area contributed by atoms with Crippen LogP contribution in [0.25, 0.3) is 0 Å². The lowest BCUT2D eigenvalue weighted by atomic mass is 10.1. The lowest BCUT2D eigenvalue weighted by Crippen LogP contribution is -2.28. The molecule has 0 aromatic heterocycles. The molecule has 0 aliphatic carbocycles. The van der Waals surface area contributed by atoms with E-state index in [9.17, 15) is 0 Å². The molecular formula is C16H25NO. The maximum absolute atomic E-state index is 5.58. The van der Waals surface area contributed by atoms with Gasteiger partial charge in [-0.2, -0.15) is 0 Å². The number of rotatable bonds is 9. The van der Waals surface area contributed by atoms with E-state index in [0.717, 1.165) is 25.1 Å². The quantitative estimate of drug-likeness (QED) is 0.532. The largest absolute Gasteiger partial charge is 0.493 e. The minimum atomic E-state index is 0.525. The Bertz CT molecular complexity index is 331. The molecule has 0 spiro atoms. The number of ether oxygens (including phenoxy) is 1. The maximum atomic E-state index is 5.58. The second kappa shape index (κ2) is 8.76. The van der Waals surface area contributed by atoms with Gasteiger partial charge in [0, 0.05) is 6.04 Å². The van der Waals surface area contributed by atoms with E-state index < -0.39 is 0 Å². The van der Waals surface area contributed by atoms with Gasteiger partial charge < -0.3 is 10.1 Å². The highest BCUT2D eigenvalue weighted by molar-refractivity contribution is 5.27. The van der Waals surface area contributed by atoms with Crippen LogP contribution in [-0.2, 0) is 6.42 Å². The molecule has 0 radical (unpaired) electrons. The molecule has 1 atom stereocenters. The van der Waals surface area contributed by atoms with E-state index >= 15 is 0 Å². The van der Waals surface area contributed by atoms with E-state index in [2.05, 4.69) is 37.9 Å². The van der Waals surface area contributed by atoms with Gasteiger partial charge in [0.1, 0.15) is 5.75 Å². The molecule has 0 saturated heterocycles. The van der Waals surface area contributed by atoms with Gasteiger partial charge in [-0.3, -0.25) is 0 Å². The molecule has 0 bridgehead atoms. The van der Waals surface area contributed by atoms with Gasteiger partial charge in [-0.25, -0.2) is 0 Å². The SMILES string of the molecule is C=CCCOc1ccc(CC(C)NCCC)cc1. The van der Waals surface area contributed by atoms with E-state index in [1.807, 2.05) is 18.2 Å². The summed E-state index contributed by atoms with van der Waals surface area (Å²) in [6.45, 7) is 9.88. The van der Waals surface area contributed by atoms with Gasteiger partial charge in [0.15, 0.2) is 0 Å². The summed E-state index contributed by atoms with van der Waals surface area (Å²) in [6, 6.07) is 8.91. The summed E-state index contributed by atoms with van der Waals surface area (Å²) in [5.74, 6) is 0.940. The summed E-state index contributed by atoms with van der Waals surface area (Å²) >= 11 is 0. The summed E-state index contributed by atoms with van der Waals surface area (Å²) in [5, 5.41) is 3.49. The third-order valence-corrected chi connectivity index (χ3v) is 2.80. The molecule has 1 aromatic carbocycles. The van der Waals surface area contributed by atoms with Crippen molar-refractivity contribution in [2.75, 3.05) is 13.2 Å². The molecule has 1 unspecified atom stereocenters. The van der Waals surface area contributed by atoms with Crippen molar-refractivity contribution in [1.82, 2.24) is 5.32 Å². The highest BCUT2D eigenvalue weighted by Gasteiger charge is 2.02. The number of hydrogen-bond acceptors (Lipinski definition) is 2. The third kappa shape index (κ3) is 5.87. The van der Waals surface area contributed by atoms with E-state index in [1.54, 1.807) is 0 Å². The predicted octanol–water partition coefficient (Wildman–Crippen LogP) is 3.57. The molecule has 18 heavy (non-hydrogen) atoms. The predicted molar refractivity (Wildman–Crippen MR) is 78.2 cm³/mol. The molecular weight excluding hydrogens is 222 g/mol. The first kappa shape index (κ1) is 14.8. The molecule has 1 aromatic rings. The minimum Gasteiger partial charge on any atom is -0.493 e. The fourth-order valence-electron chi connectivity index (χ4n) is 1.80. The minimum absolute atomic E-state index is 0.525. The Kier molecular flexibility index (Phi) is 7.19. The second-order valence-electron chi connectivity index (χ2n) is 4.63. The topological polar surface area (TPSA) is 21.3 Å². The Hall–Kier alpha value is -1.28. The zero-order valence-corrected chi connectivity index (χ0v) is 11.6. The normalized spacial score (nSPS) is 12.1. The van der Waals surface area contributed by atoms with Gasteiger partial charge in [-0.1, -0.05) is 25.1 Å². The first-order chi connectivity index (χ1) is 8.76. The molecule has 100 valence electrons. The maximum Gasteiger partial charge on any atom is 0.119 e. The monoisotopic (exact) mass is 247 g/mol. The molecule has 1 rings (SSSR count).